The lowest BCUT2D eigenvalue weighted by Gasteiger charge is -2.16. The van der Waals surface area contributed by atoms with Crippen LogP contribution in [-0.4, -0.2) is 16.5 Å². The summed E-state index contributed by atoms with van der Waals surface area (Å²) in [5.74, 6) is -0.324. The highest BCUT2D eigenvalue weighted by Gasteiger charge is 2.32. The van der Waals surface area contributed by atoms with Crippen molar-refractivity contribution in [2.24, 2.45) is 0 Å². The zero-order valence-corrected chi connectivity index (χ0v) is 17.9. The van der Waals surface area contributed by atoms with Crippen LogP contribution in [0.3, 0.4) is 0 Å². The maximum Gasteiger partial charge on any atom is 0.214 e. The van der Waals surface area contributed by atoms with Crippen LogP contribution in [0.25, 0.3) is 22.6 Å². The van der Waals surface area contributed by atoms with Crippen LogP contribution in [0.1, 0.15) is 50.6 Å². The van der Waals surface area contributed by atoms with Gasteiger partial charge in [0, 0.05) is 21.4 Å². The number of aromatic nitrogens is 1. The number of aromatic amines is 1. The molecule has 1 unspecified atom stereocenters. The third-order valence-electron chi connectivity index (χ3n) is 6.22. The minimum Gasteiger partial charge on any atom is -0.354 e. The SMILES string of the molecule is Cc1ccc(C2=Cc3ccc(C)cc3C(C[N+](=O)[O-])c3c2[nH]c2cc(C)ccc32)cc1. The van der Waals surface area contributed by atoms with Crippen LogP contribution >= 0.6 is 0 Å². The van der Waals surface area contributed by atoms with Crippen LogP contribution < -0.4 is 0 Å². The molecule has 1 N–H and O–H groups in total. The van der Waals surface area contributed by atoms with Crippen LogP contribution in [0.4, 0.5) is 0 Å². The average Bonchev–Trinajstić information content (AvgIpc) is 3.04. The first kappa shape index (κ1) is 19.3. The molecule has 0 amide bonds. The van der Waals surface area contributed by atoms with Crippen molar-refractivity contribution in [3.8, 4) is 0 Å². The van der Waals surface area contributed by atoms with E-state index in [-0.39, 0.29) is 17.4 Å². The molecule has 154 valence electrons. The van der Waals surface area contributed by atoms with E-state index < -0.39 is 0 Å². The van der Waals surface area contributed by atoms with Gasteiger partial charge in [-0.25, -0.2) is 0 Å². The van der Waals surface area contributed by atoms with Gasteiger partial charge >= 0.3 is 0 Å². The van der Waals surface area contributed by atoms with Crippen molar-refractivity contribution in [1.82, 2.24) is 4.98 Å². The summed E-state index contributed by atoms with van der Waals surface area (Å²) in [6.07, 6.45) is 2.18. The van der Waals surface area contributed by atoms with E-state index in [1.165, 1.54) is 5.56 Å². The van der Waals surface area contributed by atoms with Crippen LogP contribution in [-0.2, 0) is 0 Å². The van der Waals surface area contributed by atoms with E-state index in [2.05, 4.69) is 85.6 Å². The third-order valence-corrected chi connectivity index (χ3v) is 6.22. The van der Waals surface area contributed by atoms with Gasteiger partial charge in [0.25, 0.3) is 0 Å². The molecular formula is C27H24N2O2. The van der Waals surface area contributed by atoms with Gasteiger partial charge in [0.15, 0.2) is 0 Å². The van der Waals surface area contributed by atoms with Crippen LogP contribution in [0.2, 0.25) is 0 Å². The molecule has 0 spiro atoms. The summed E-state index contributed by atoms with van der Waals surface area (Å²) in [6.45, 7) is 6.04. The van der Waals surface area contributed by atoms with Crippen molar-refractivity contribution in [2.45, 2.75) is 26.7 Å². The van der Waals surface area contributed by atoms with Gasteiger partial charge in [-0.3, -0.25) is 10.1 Å². The maximum absolute atomic E-state index is 11.8. The summed E-state index contributed by atoms with van der Waals surface area (Å²) >= 11 is 0. The molecule has 0 bridgehead atoms. The highest BCUT2D eigenvalue weighted by atomic mass is 16.6. The van der Waals surface area contributed by atoms with Gasteiger partial charge in [0.1, 0.15) is 0 Å². The molecule has 0 fully saturated rings. The number of nitro groups is 1. The smallest absolute Gasteiger partial charge is 0.214 e. The number of rotatable bonds is 3. The number of H-pyrrole nitrogens is 1. The number of benzene rings is 3. The van der Waals surface area contributed by atoms with Gasteiger partial charge in [-0.15, -0.1) is 0 Å². The third kappa shape index (κ3) is 3.34. The Labute approximate surface area is 181 Å². The van der Waals surface area contributed by atoms with E-state index in [4.69, 9.17) is 0 Å². The normalized spacial score (nSPS) is 15.2. The van der Waals surface area contributed by atoms with Crippen LogP contribution in [0, 0.1) is 30.9 Å². The Morgan fingerprint density at radius 2 is 1.58 bits per heavy atom. The molecule has 4 heteroatoms. The second kappa shape index (κ2) is 7.24. The summed E-state index contributed by atoms with van der Waals surface area (Å²) in [7, 11) is 0. The van der Waals surface area contributed by atoms with Crippen LogP contribution in [0.15, 0.2) is 60.7 Å². The number of fused-ring (bicyclic) bond motifs is 4. The van der Waals surface area contributed by atoms with Crippen molar-refractivity contribution >= 4 is 22.6 Å². The monoisotopic (exact) mass is 408 g/mol. The van der Waals surface area contributed by atoms with Gasteiger partial charge in [0.2, 0.25) is 6.54 Å². The molecule has 4 nitrogen and oxygen atoms in total. The topological polar surface area (TPSA) is 58.9 Å². The van der Waals surface area contributed by atoms with Crippen molar-refractivity contribution in [2.75, 3.05) is 6.54 Å². The Kier molecular flexibility index (Phi) is 4.51. The first-order valence-electron chi connectivity index (χ1n) is 10.5. The van der Waals surface area contributed by atoms with Gasteiger partial charge in [0.05, 0.1) is 11.6 Å². The lowest BCUT2D eigenvalue weighted by molar-refractivity contribution is -0.481. The van der Waals surface area contributed by atoms with Crippen molar-refractivity contribution in [3.05, 3.63) is 115 Å². The molecule has 1 aliphatic rings. The maximum atomic E-state index is 11.8. The molecule has 4 aromatic rings. The van der Waals surface area contributed by atoms with E-state index in [0.29, 0.717) is 0 Å². The Balaban J connectivity index is 1.88. The van der Waals surface area contributed by atoms with E-state index in [1.54, 1.807) is 0 Å². The molecular weight excluding hydrogens is 384 g/mol. The summed E-state index contributed by atoms with van der Waals surface area (Å²) in [5, 5.41) is 12.8. The predicted octanol–water partition coefficient (Wildman–Crippen LogP) is 6.40. The van der Waals surface area contributed by atoms with E-state index in [9.17, 15) is 10.1 Å². The summed E-state index contributed by atoms with van der Waals surface area (Å²) in [6, 6.07) is 21.0. The molecule has 1 aliphatic carbocycles. The lowest BCUT2D eigenvalue weighted by Crippen LogP contribution is -2.15. The fourth-order valence-electron chi connectivity index (χ4n) is 4.72. The molecule has 1 heterocycles. The quantitative estimate of drug-likeness (QED) is 0.315. The Morgan fingerprint density at radius 1 is 0.903 bits per heavy atom. The molecule has 1 atom stereocenters. The summed E-state index contributed by atoms with van der Waals surface area (Å²) in [4.78, 5) is 15.2. The zero-order valence-electron chi connectivity index (χ0n) is 17.9. The number of nitrogens with zero attached hydrogens (tertiary/aromatic N) is 1. The Bertz CT molecular complexity index is 1360. The number of hydrogen-bond donors (Lipinski definition) is 1. The standard InChI is InChI=1S/C27H24N2O2/c1-16-4-8-19(9-5-16)23-14-20-10-6-17(2)12-22(20)24(15-29(30)31)26-21-11-7-18(3)13-25(21)28-27(23)26/h4-14,24,28H,15H2,1-3H3. The minimum absolute atomic E-state index is 0.140. The molecule has 1 aromatic heterocycles. The van der Waals surface area contributed by atoms with Gasteiger partial charge in [-0.2, -0.15) is 0 Å². The summed E-state index contributed by atoms with van der Waals surface area (Å²) in [5.41, 5.74) is 10.7. The molecule has 0 saturated heterocycles. The van der Waals surface area contributed by atoms with Gasteiger partial charge in [-0.1, -0.05) is 65.7 Å². The molecule has 5 rings (SSSR count). The lowest BCUT2D eigenvalue weighted by atomic mass is 9.86. The van der Waals surface area contributed by atoms with Gasteiger partial charge < -0.3 is 4.98 Å². The van der Waals surface area contributed by atoms with E-state index in [1.807, 2.05) is 6.92 Å². The average molecular weight is 409 g/mol. The fourth-order valence-corrected chi connectivity index (χ4v) is 4.72. The van der Waals surface area contributed by atoms with Crippen molar-refractivity contribution in [3.63, 3.8) is 0 Å². The van der Waals surface area contributed by atoms with Crippen molar-refractivity contribution < 1.29 is 4.92 Å². The molecule has 0 aliphatic heterocycles. The molecule has 3 aromatic carbocycles. The first-order chi connectivity index (χ1) is 14.9. The highest BCUT2D eigenvalue weighted by Crippen LogP contribution is 2.44. The second-order valence-corrected chi connectivity index (χ2v) is 8.59. The minimum atomic E-state index is -0.324. The Hall–Kier alpha value is -3.66. The van der Waals surface area contributed by atoms with Gasteiger partial charge in [-0.05, 0) is 60.7 Å². The van der Waals surface area contributed by atoms with Crippen LogP contribution in [0.5, 0.6) is 0 Å². The molecule has 0 saturated carbocycles. The number of aryl methyl sites for hydroxylation is 3. The number of nitrogens with one attached hydrogen (secondary N) is 1. The fraction of sp³-hybridized carbons (Fsp3) is 0.185. The first-order valence-corrected chi connectivity index (χ1v) is 10.5. The second-order valence-electron chi connectivity index (χ2n) is 8.59. The predicted molar refractivity (Wildman–Crippen MR) is 126 cm³/mol. The molecule has 31 heavy (non-hydrogen) atoms. The number of hydrogen-bond acceptors (Lipinski definition) is 2. The van der Waals surface area contributed by atoms with E-state index in [0.717, 1.165) is 55.6 Å². The summed E-state index contributed by atoms with van der Waals surface area (Å²) < 4.78 is 0. The Morgan fingerprint density at radius 3 is 2.32 bits per heavy atom. The zero-order chi connectivity index (χ0) is 21.7. The largest absolute Gasteiger partial charge is 0.354 e. The van der Waals surface area contributed by atoms with Crippen molar-refractivity contribution in [1.29, 1.82) is 0 Å². The van der Waals surface area contributed by atoms with E-state index >= 15 is 0 Å². The molecule has 0 radical (unpaired) electrons. The highest BCUT2D eigenvalue weighted by molar-refractivity contribution is 6.00.